The van der Waals surface area contributed by atoms with Crippen molar-refractivity contribution in [1.82, 2.24) is 4.98 Å². The van der Waals surface area contributed by atoms with Gasteiger partial charge in [-0.3, -0.25) is 0 Å². The van der Waals surface area contributed by atoms with Gasteiger partial charge in [0.05, 0.1) is 0 Å². The Balaban J connectivity index is 1.93. The van der Waals surface area contributed by atoms with Crippen LogP contribution >= 0.6 is 15.9 Å². The zero-order chi connectivity index (χ0) is 11.5. The van der Waals surface area contributed by atoms with E-state index in [0.29, 0.717) is 0 Å². The number of aromatic nitrogens is 1. The maximum atomic E-state index is 4.48. The van der Waals surface area contributed by atoms with Gasteiger partial charge in [-0.05, 0) is 46.8 Å². The van der Waals surface area contributed by atoms with Gasteiger partial charge in [0.2, 0.25) is 0 Å². The Morgan fingerprint density at radius 2 is 2.25 bits per heavy atom. The van der Waals surface area contributed by atoms with Gasteiger partial charge in [0.15, 0.2) is 0 Å². The molecule has 1 heterocycles. The van der Waals surface area contributed by atoms with Crippen molar-refractivity contribution in [2.75, 3.05) is 18.5 Å². The molecule has 16 heavy (non-hydrogen) atoms. The molecule has 0 amide bonds. The number of anilines is 1. The molecule has 0 aromatic carbocycles. The molecule has 1 fully saturated rings. The Morgan fingerprint density at radius 3 is 2.81 bits per heavy atom. The zero-order valence-corrected chi connectivity index (χ0v) is 11.6. The number of hydrogen-bond donors (Lipinski definition) is 0. The molecule has 1 saturated carbocycles. The van der Waals surface area contributed by atoms with Crippen molar-refractivity contribution < 1.29 is 0 Å². The van der Waals surface area contributed by atoms with Gasteiger partial charge in [0, 0.05) is 24.3 Å². The highest BCUT2D eigenvalue weighted by Crippen LogP contribution is 2.30. The second kappa shape index (κ2) is 5.17. The fourth-order valence-electron chi connectivity index (χ4n) is 2.20. The minimum Gasteiger partial charge on any atom is -0.359 e. The fourth-order valence-corrected chi connectivity index (χ4v) is 2.64. The number of rotatable bonds is 4. The van der Waals surface area contributed by atoms with Crippen LogP contribution in [0.2, 0.25) is 0 Å². The van der Waals surface area contributed by atoms with Gasteiger partial charge in [0.25, 0.3) is 0 Å². The summed E-state index contributed by atoms with van der Waals surface area (Å²) in [6.45, 7) is 3.24. The van der Waals surface area contributed by atoms with Crippen molar-refractivity contribution in [2.24, 2.45) is 5.92 Å². The van der Waals surface area contributed by atoms with E-state index in [1.54, 1.807) is 0 Å². The largest absolute Gasteiger partial charge is 0.359 e. The first-order valence-corrected chi connectivity index (χ1v) is 6.79. The van der Waals surface area contributed by atoms with Crippen LogP contribution in [0.5, 0.6) is 0 Å². The third-order valence-electron chi connectivity index (χ3n) is 3.48. The summed E-state index contributed by atoms with van der Waals surface area (Å²) >= 11 is 3.45. The minimum absolute atomic E-state index is 0.971. The molecule has 0 spiro atoms. The third kappa shape index (κ3) is 2.76. The average Bonchev–Trinajstić information content (AvgIpc) is 2.14. The molecule has 0 N–H and O–H groups in total. The molecule has 0 unspecified atom stereocenters. The lowest BCUT2D eigenvalue weighted by Crippen LogP contribution is -2.24. The maximum Gasteiger partial charge on any atom is 0.131 e. The molecule has 3 heteroatoms. The molecule has 2 nitrogen and oxygen atoms in total. The number of halogens is 1. The lowest BCUT2D eigenvalue weighted by atomic mass is 9.83. The van der Waals surface area contributed by atoms with Gasteiger partial charge >= 0.3 is 0 Å². The summed E-state index contributed by atoms with van der Waals surface area (Å²) in [5, 5.41) is 0. The van der Waals surface area contributed by atoms with Gasteiger partial charge in [0.1, 0.15) is 5.82 Å². The van der Waals surface area contributed by atoms with E-state index in [-0.39, 0.29) is 0 Å². The lowest BCUT2D eigenvalue weighted by Gasteiger charge is -2.28. The minimum atomic E-state index is 0.971. The summed E-state index contributed by atoms with van der Waals surface area (Å²) in [4.78, 5) is 6.76. The van der Waals surface area contributed by atoms with Gasteiger partial charge in [-0.15, -0.1) is 0 Å². The summed E-state index contributed by atoms with van der Waals surface area (Å²) < 4.78 is 1.06. The predicted octanol–water partition coefficient (Wildman–Crippen LogP) is 3.78. The molecule has 0 radical (unpaired) electrons. The smallest absolute Gasteiger partial charge is 0.131 e. The van der Waals surface area contributed by atoms with Crippen molar-refractivity contribution in [1.29, 1.82) is 0 Å². The first kappa shape index (κ1) is 11.9. The van der Waals surface area contributed by atoms with Crippen LogP contribution in [-0.2, 0) is 0 Å². The topological polar surface area (TPSA) is 16.1 Å². The maximum absolute atomic E-state index is 4.48. The first-order chi connectivity index (χ1) is 7.66. The molecule has 1 aromatic heterocycles. The molecule has 0 bridgehead atoms. The van der Waals surface area contributed by atoms with Crippen LogP contribution in [0.1, 0.15) is 31.2 Å². The van der Waals surface area contributed by atoms with Crippen LogP contribution in [-0.4, -0.2) is 18.6 Å². The highest BCUT2D eigenvalue weighted by molar-refractivity contribution is 9.10. The highest BCUT2D eigenvalue weighted by Gasteiger charge is 2.18. The molecule has 0 saturated heterocycles. The summed E-state index contributed by atoms with van der Waals surface area (Å²) in [6, 6.07) is 2.13. The Hall–Kier alpha value is -0.570. The van der Waals surface area contributed by atoms with Gasteiger partial charge in [-0.25, -0.2) is 4.98 Å². The Kier molecular flexibility index (Phi) is 3.85. The van der Waals surface area contributed by atoms with Crippen molar-refractivity contribution in [2.45, 2.75) is 32.6 Å². The Morgan fingerprint density at radius 1 is 1.50 bits per heavy atom. The predicted molar refractivity (Wildman–Crippen MR) is 71.9 cm³/mol. The molecule has 1 aromatic rings. The van der Waals surface area contributed by atoms with Gasteiger partial charge in [-0.1, -0.05) is 19.3 Å². The van der Waals surface area contributed by atoms with Crippen LogP contribution in [0.25, 0.3) is 0 Å². The van der Waals surface area contributed by atoms with Crippen molar-refractivity contribution in [3.8, 4) is 0 Å². The molecule has 1 aliphatic rings. The van der Waals surface area contributed by atoms with E-state index < -0.39 is 0 Å². The zero-order valence-electron chi connectivity index (χ0n) is 10.0. The monoisotopic (exact) mass is 282 g/mol. The summed E-state index contributed by atoms with van der Waals surface area (Å²) in [5.74, 6) is 2.08. The SMILES string of the molecule is Cc1cc(Br)cnc1N(C)CCC1CCC1. The molecule has 88 valence electrons. The highest BCUT2D eigenvalue weighted by atomic mass is 79.9. The van der Waals surface area contributed by atoms with Crippen molar-refractivity contribution in [3.05, 3.63) is 22.3 Å². The molecule has 2 rings (SSSR count). The average molecular weight is 283 g/mol. The summed E-state index contributed by atoms with van der Waals surface area (Å²) in [6.07, 6.45) is 7.49. The van der Waals surface area contributed by atoms with Crippen LogP contribution in [0.4, 0.5) is 5.82 Å². The summed E-state index contributed by atoms with van der Waals surface area (Å²) in [5.41, 5.74) is 1.24. The second-order valence-electron chi connectivity index (χ2n) is 4.80. The van der Waals surface area contributed by atoms with Crippen molar-refractivity contribution >= 4 is 21.7 Å². The Labute approximate surface area is 106 Å². The van der Waals surface area contributed by atoms with Crippen LogP contribution in [0, 0.1) is 12.8 Å². The van der Waals surface area contributed by atoms with E-state index in [1.807, 2.05) is 6.20 Å². The van der Waals surface area contributed by atoms with E-state index >= 15 is 0 Å². The standard InChI is InChI=1S/C13H19BrN2/c1-10-8-12(14)9-15-13(10)16(2)7-6-11-4-3-5-11/h8-9,11H,3-7H2,1-2H3. The molecular weight excluding hydrogens is 264 g/mol. The number of nitrogens with zero attached hydrogens (tertiary/aromatic N) is 2. The molecule has 1 aliphatic carbocycles. The molecule has 0 aliphatic heterocycles. The Bertz CT molecular complexity index is 361. The summed E-state index contributed by atoms with van der Waals surface area (Å²) in [7, 11) is 2.14. The van der Waals surface area contributed by atoms with E-state index in [0.717, 1.165) is 22.8 Å². The third-order valence-corrected chi connectivity index (χ3v) is 3.91. The second-order valence-corrected chi connectivity index (χ2v) is 5.72. The van der Waals surface area contributed by atoms with Crippen LogP contribution in [0.3, 0.4) is 0 Å². The number of aryl methyl sites for hydroxylation is 1. The number of hydrogen-bond acceptors (Lipinski definition) is 2. The molecular formula is C13H19BrN2. The van der Waals surface area contributed by atoms with E-state index in [4.69, 9.17) is 0 Å². The number of pyridine rings is 1. The quantitative estimate of drug-likeness (QED) is 0.836. The van der Waals surface area contributed by atoms with E-state index in [9.17, 15) is 0 Å². The lowest BCUT2D eigenvalue weighted by molar-refractivity contribution is 0.299. The normalized spacial score (nSPS) is 15.9. The van der Waals surface area contributed by atoms with E-state index in [2.05, 4.69) is 45.9 Å². The van der Waals surface area contributed by atoms with Crippen LogP contribution < -0.4 is 4.90 Å². The van der Waals surface area contributed by atoms with Gasteiger partial charge < -0.3 is 4.90 Å². The van der Waals surface area contributed by atoms with Crippen molar-refractivity contribution in [3.63, 3.8) is 0 Å². The molecule has 0 atom stereocenters. The fraction of sp³-hybridized carbons (Fsp3) is 0.615. The van der Waals surface area contributed by atoms with Crippen LogP contribution in [0.15, 0.2) is 16.7 Å². The van der Waals surface area contributed by atoms with Gasteiger partial charge in [-0.2, -0.15) is 0 Å². The first-order valence-electron chi connectivity index (χ1n) is 6.00. The van der Waals surface area contributed by atoms with E-state index in [1.165, 1.54) is 31.2 Å².